The van der Waals surface area contributed by atoms with Crippen LogP contribution in [0.1, 0.15) is 22.7 Å². The number of halogens is 1. The number of nitro benzene ring substituents is 1. The molecule has 0 spiro atoms. The standard InChI is InChI=1S/C23H16ClN3O5/c24-17-7-3-16(4-8-17)21(28)19-20(15-5-9-18(10-6-15)27(31)32)26(23(30)22(19)29)13-14-2-1-11-25-12-14/h1-12,20,28H,13H2/t20-/m0/s1. The van der Waals surface area contributed by atoms with Crippen LogP contribution in [-0.2, 0) is 16.1 Å². The van der Waals surface area contributed by atoms with Crippen LogP contribution in [0, 0.1) is 10.1 Å². The van der Waals surface area contributed by atoms with Gasteiger partial charge in [0, 0.05) is 41.7 Å². The molecule has 0 unspecified atom stereocenters. The number of likely N-dealkylation sites (tertiary alicyclic amines) is 1. The molecule has 1 amide bonds. The second-order valence-corrected chi connectivity index (χ2v) is 7.58. The van der Waals surface area contributed by atoms with Gasteiger partial charge in [0.05, 0.1) is 16.5 Å². The highest BCUT2D eigenvalue weighted by atomic mass is 35.5. The smallest absolute Gasteiger partial charge is 0.295 e. The summed E-state index contributed by atoms with van der Waals surface area (Å²) in [7, 11) is 0. The minimum Gasteiger partial charge on any atom is -0.507 e. The second kappa shape index (κ2) is 8.60. The number of benzene rings is 2. The highest BCUT2D eigenvalue weighted by molar-refractivity contribution is 6.46. The van der Waals surface area contributed by atoms with Crippen LogP contribution in [0.2, 0.25) is 5.02 Å². The summed E-state index contributed by atoms with van der Waals surface area (Å²) in [6, 6.07) is 14.3. The molecule has 4 rings (SSSR count). The molecule has 1 aliphatic heterocycles. The number of non-ortho nitro benzene ring substituents is 1. The number of aliphatic hydroxyl groups is 1. The third-order valence-corrected chi connectivity index (χ3v) is 5.40. The van der Waals surface area contributed by atoms with Gasteiger partial charge in [0.15, 0.2) is 0 Å². The summed E-state index contributed by atoms with van der Waals surface area (Å²) in [5.74, 6) is -1.98. The average molecular weight is 450 g/mol. The zero-order valence-electron chi connectivity index (χ0n) is 16.5. The molecule has 2 heterocycles. The van der Waals surface area contributed by atoms with E-state index < -0.39 is 22.7 Å². The molecule has 1 saturated heterocycles. The van der Waals surface area contributed by atoms with Gasteiger partial charge in [-0.05, 0) is 53.6 Å². The third-order valence-electron chi connectivity index (χ3n) is 5.15. The van der Waals surface area contributed by atoms with E-state index in [4.69, 9.17) is 11.6 Å². The summed E-state index contributed by atoms with van der Waals surface area (Å²) in [6.07, 6.45) is 3.16. The number of rotatable bonds is 5. The molecule has 8 nitrogen and oxygen atoms in total. The van der Waals surface area contributed by atoms with Crippen LogP contribution in [0.3, 0.4) is 0 Å². The average Bonchev–Trinajstić information content (AvgIpc) is 3.05. The van der Waals surface area contributed by atoms with E-state index in [0.717, 1.165) is 0 Å². The number of aliphatic hydroxyl groups excluding tert-OH is 1. The molecule has 2 aromatic carbocycles. The number of nitro groups is 1. The van der Waals surface area contributed by atoms with Crippen LogP contribution in [0.5, 0.6) is 0 Å². The summed E-state index contributed by atoms with van der Waals surface area (Å²) in [4.78, 5) is 41.8. The predicted octanol–water partition coefficient (Wildman–Crippen LogP) is 4.27. The summed E-state index contributed by atoms with van der Waals surface area (Å²) in [6.45, 7) is 0.0669. The third kappa shape index (κ3) is 3.95. The molecule has 0 aliphatic carbocycles. The van der Waals surface area contributed by atoms with Gasteiger partial charge >= 0.3 is 0 Å². The van der Waals surface area contributed by atoms with Crippen molar-refractivity contribution in [2.24, 2.45) is 0 Å². The van der Waals surface area contributed by atoms with E-state index in [2.05, 4.69) is 4.98 Å². The number of Topliss-reactive ketones (excluding diaryl/α,β-unsaturated/α-hetero) is 1. The van der Waals surface area contributed by atoms with Gasteiger partial charge in [-0.15, -0.1) is 0 Å². The number of ketones is 1. The molecule has 1 fully saturated rings. The van der Waals surface area contributed by atoms with Crippen LogP contribution in [0.4, 0.5) is 5.69 Å². The van der Waals surface area contributed by atoms with E-state index in [1.807, 2.05) is 0 Å². The molecule has 0 saturated carbocycles. The van der Waals surface area contributed by atoms with Crippen LogP contribution in [0.25, 0.3) is 5.76 Å². The highest BCUT2D eigenvalue weighted by Crippen LogP contribution is 2.40. The summed E-state index contributed by atoms with van der Waals surface area (Å²) >= 11 is 5.92. The molecule has 1 aromatic heterocycles. The number of hydrogen-bond donors (Lipinski definition) is 1. The van der Waals surface area contributed by atoms with Crippen molar-refractivity contribution in [2.45, 2.75) is 12.6 Å². The lowest BCUT2D eigenvalue weighted by molar-refractivity contribution is -0.384. The summed E-state index contributed by atoms with van der Waals surface area (Å²) in [5.41, 5.74) is 1.23. The van der Waals surface area contributed by atoms with Gasteiger partial charge < -0.3 is 10.0 Å². The first-order valence-corrected chi connectivity index (χ1v) is 9.92. The summed E-state index contributed by atoms with van der Waals surface area (Å²) < 4.78 is 0. The van der Waals surface area contributed by atoms with Gasteiger partial charge in [-0.1, -0.05) is 17.7 Å². The summed E-state index contributed by atoms with van der Waals surface area (Å²) in [5, 5.41) is 22.5. The van der Waals surface area contributed by atoms with E-state index in [1.165, 1.54) is 29.2 Å². The fraction of sp³-hybridized carbons (Fsp3) is 0.0870. The molecule has 0 radical (unpaired) electrons. The Morgan fingerprint density at radius 2 is 1.78 bits per heavy atom. The number of carbonyl (C=O) groups is 2. The maximum absolute atomic E-state index is 13.0. The normalized spacial score (nSPS) is 17.5. The zero-order valence-corrected chi connectivity index (χ0v) is 17.3. The molecule has 0 bridgehead atoms. The van der Waals surface area contributed by atoms with E-state index in [9.17, 15) is 24.8 Å². The lowest BCUT2D eigenvalue weighted by atomic mass is 9.95. The maximum Gasteiger partial charge on any atom is 0.295 e. The molecule has 1 atom stereocenters. The van der Waals surface area contributed by atoms with Crippen molar-refractivity contribution >= 4 is 34.7 Å². The lowest BCUT2D eigenvalue weighted by Gasteiger charge is -2.25. The van der Waals surface area contributed by atoms with Crippen molar-refractivity contribution in [3.05, 3.63) is 110 Å². The maximum atomic E-state index is 13.0. The topological polar surface area (TPSA) is 114 Å². The van der Waals surface area contributed by atoms with E-state index in [1.54, 1.807) is 48.8 Å². The zero-order chi connectivity index (χ0) is 22.8. The molecule has 1 aliphatic rings. The van der Waals surface area contributed by atoms with Gasteiger partial charge in [-0.25, -0.2) is 0 Å². The van der Waals surface area contributed by atoms with Gasteiger partial charge in [0.2, 0.25) is 0 Å². The Balaban J connectivity index is 1.85. The molecular formula is C23H16ClN3O5. The van der Waals surface area contributed by atoms with Crippen molar-refractivity contribution in [1.82, 2.24) is 9.88 Å². The number of amides is 1. The van der Waals surface area contributed by atoms with Gasteiger partial charge in [-0.2, -0.15) is 0 Å². The molecule has 3 aromatic rings. The molecular weight excluding hydrogens is 434 g/mol. The Bertz CT molecular complexity index is 1220. The van der Waals surface area contributed by atoms with Crippen molar-refractivity contribution in [3.63, 3.8) is 0 Å². The van der Waals surface area contributed by atoms with Gasteiger partial charge in [0.1, 0.15) is 5.76 Å². The van der Waals surface area contributed by atoms with Crippen LogP contribution < -0.4 is 0 Å². The number of hydrogen-bond acceptors (Lipinski definition) is 6. The lowest BCUT2D eigenvalue weighted by Crippen LogP contribution is -2.29. The Morgan fingerprint density at radius 1 is 1.09 bits per heavy atom. The fourth-order valence-electron chi connectivity index (χ4n) is 3.62. The van der Waals surface area contributed by atoms with Gasteiger partial charge in [-0.3, -0.25) is 24.7 Å². The van der Waals surface area contributed by atoms with Crippen LogP contribution in [0.15, 0.2) is 78.6 Å². The fourth-order valence-corrected chi connectivity index (χ4v) is 3.75. The number of carbonyl (C=O) groups excluding carboxylic acids is 2. The number of pyridine rings is 1. The van der Waals surface area contributed by atoms with Crippen molar-refractivity contribution in [2.75, 3.05) is 0 Å². The predicted molar refractivity (Wildman–Crippen MR) is 117 cm³/mol. The minimum atomic E-state index is -0.938. The van der Waals surface area contributed by atoms with E-state index in [0.29, 0.717) is 21.7 Å². The van der Waals surface area contributed by atoms with E-state index >= 15 is 0 Å². The van der Waals surface area contributed by atoms with Crippen molar-refractivity contribution < 1.29 is 19.6 Å². The first kappa shape index (κ1) is 21.2. The van der Waals surface area contributed by atoms with Gasteiger partial charge in [0.25, 0.3) is 17.4 Å². The quantitative estimate of drug-likeness (QED) is 0.204. The SMILES string of the molecule is O=C1C(=O)N(Cc2cccnc2)[C@@H](c2ccc([N+](=O)[O-])cc2)C1=C(O)c1ccc(Cl)cc1. The van der Waals surface area contributed by atoms with E-state index in [-0.39, 0.29) is 23.6 Å². The monoisotopic (exact) mass is 449 g/mol. The first-order valence-electron chi connectivity index (χ1n) is 9.54. The number of nitrogens with zero attached hydrogens (tertiary/aromatic N) is 3. The molecule has 160 valence electrons. The Labute approximate surface area is 187 Å². The Kier molecular flexibility index (Phi) is 5.70. The largest absolute Gasteiger partial charge is 0.507 e. The van der Waals surface area contributed by atoms with Crippen LogP contribution in [-0.4, -0.2) is 31.6 Å². The Hall–Kier alpha value is -4.04. The molecule has 9 heteroatoms. The van der Waals surface area contributed by atoms with Crippen molar-refractivity contribution in [3.8, 4) is 0 Å². The van der Waals surface area contributed by atoms with Crippen LogP contribution >= 0.6 is 11.6 Å². The molecule has 32 heavy (non-hydrogen) atoms. The Morgan fingerprint density at radius 3 is 2.38 bits per heavy atom. The first-order chi connectivity index (χ1) is 15.4. The highest BCUT2D eigenvalue weighted by Gasteiger charge is 2.46. The second-order valence-electron chi connectivity index (χ2n) is 7.14. The number of aromatic nitrogens is 1. The minimum absolute atomic E-state index is 0.0669. The molecule has 1 N–H and O–H groups in total. The van der Waals surface area contributed by atoms with Crippen molar-refractivity contribution in [1.29, 1.82) is 0 Å².